The van der Waals surface area contributed by atoms with Gasteiger partial charge in [0, 0.05) is 6.92 Å². The molecule has 0 fully saturated rings. The molecule has 0 spiro atoms. The molecular weight excluding hydrogens is 385 g/mol. The Bertz CT molecular complexity index is 408. The Labute approximate surface area is 174 Å². The number of ether oxygens (including phenoxy) is 5. The van der Waals surface area contributed by atoms with Gasteiger partial charge in [-0.05, 0) is 20.8 Å². The number of nitrogens with one attached hydrogen (secondary N) is 1. The standard InChI is InChI=1S/C18H34FNO7.C2H6/c1-15(21)14-26-10-9-24-6-5-23-7-8-25-11-12-27-18(3,4)17(19)13-20-16(2)22;1-2/h17H,5-14H2,1-4H3,(H,20,22);1-2H3. The molecule has 0 saturated heterocycles. The van der Waals surface area contributed by atoms with Gasteiger partial charge in [-0.25, -0.2) is 4.39 Å². The Morgan fingerprint density at radius 1 is 0.828 bits per heavy atom. The van der Waals surface area contributed by atoms with Crippen LogP contribution in [0.2, 0.25) is 0 Å². The van der Waals surface area contributed by atoms with Crippen molar-refractivity contribution in [3.8, 4) is 0 Å². The van der Waals surface area contributed by atoms with Crippen molar-refractivity contribution < 1.29 is 37.7 Å². The summed E-state index contributed by atoms with van der Waals surface area (Å²) in [6.45, 7) is 13.2. The van der Waals surface area contributed by atoms with Gasteiger partial charge in [0.2, 0.25) is 5.91 Å². The molecule has 0 aliphatic carbocycles. The van der Waals surface area contributed by atoms with Crippen LogP contribution in [0.25, 0.3) is 0 Å². The second kappa shape index (κ2) is 20.2. The van der Waals surface area contributed by atoms with Gasteiger partial charge in [0.15, 0.2) is 5.78 Å². The highest BCUT2D eigenvalue weighted by Crippen LogP contribution is 2.17. The lowest BCUT2D eigenvalue weighted by molar-refractivity contribution is -0.122. The molecule has 0 rings (SSSR count). The Morgan fingerprint density at radius 3 is 1.66 bits per heavy atom. The highest BCUT2D eigenvalue weighted by Gasteiger charge is 2.30. The van der Waals surface area contributed by atoms with Gasteiger partial charge in [0.25, 0.3) is 0 Å². The van der Waals surface area contributed by atoms with E-state index in [4.69, 9.17) is 23.7 Å². The Morgan fingerprint density at radius 2 is 1.24 bits per heavy atom. The zero-order chi connectivity index (χ0) is 22.5. The molecule has 0 aromatic carbocycles. The summed E-state index contributed by atoms with van der Waals surface area (Å²) in [6.07, 6.45) is -1.31. The van der Waals surface area contributed by atoms with Gasteiger partial charge in [-0.1, -0.05) is 13.8 Å². The average Bonchev–Trinajstić information content (AvgIpc) is 2.67. The van der Waals surface area contributed by atoms with Crippen molar-refractivity contribution in [2.45, 2.75) is 53.3 Å². The molecule has 0 aliphatic rings. The van der Waals surface area contributed by atoms with E-state index in [-0.39, 0.29) is 31.4 Å². The summed E-state index contributed by atoms with van der Waals surface area (Å²) in [6, 6.07) is 0. The number of alkyl halides is 1. The predicted molar refractivity (Wildman–Crippen MR) is 109 cm³/mol. The molecule has 1 amide bonds. The van der Waals surface area contributed by atoms with Crippen LogP contribution in [-0.2, 0) is 33.3 Å². The summed E-state index contributed by atoms with van der Waals surface area (Å²) < 4.78 is 40.5. The third-order valence-corrected chi connectivity index (χ3v) is 3.41. The molecule has 174 valence electrons. The van der Waals surface area contributed by atoms with E-state index in [0.29, 0.717) is 46.2 Å². The minimum absolute atomic E-state index is 0.0122. The number of halogens is 1. The topological polar surface area (TPSA) is 92.3 Å². The van der Waals surface area contributed by atoms with E-state index in [1.165, 1.54) is 13.8 Å². The highest BCUT2D eigenvalue weighted by atomic mass is 19.1. The van der Waals surface area contributed by atoms with E-state index >= 15 is 0 Å². The molecule has 1 N–H and O–H groups in total. The first-order valence-electron chi connectivity index (χ1n) is 10.1. The maximum atomic E-state index is 14.0. The number of ketones is 1. The van der Waals surface area contributed by atoms with Crippen molar-refractivity contribution in [2.24, 2.45) is 0 Å². The molecule has 0 aromatic rings. The molecule has 0 radical (unpaired) electrons. The number of amides is 1. The predicted octanol–water partition coefficient (Wildman–Crippen LogP) is 1.94. The van der Waals surface area contributed by atoms with Crippen LogP contribution in [0.4, 0.5) is 4.39 Å². The number of carbonyl (C=O) groups excluding carboxylic acids is 2. The summed E-state index contributed by atoms with van der Waals surface area (Å²) in [5, 5.41) is 2.43. The fourth-order valence-corrected chi connectivity index (χ4v) is 1.81. The summed E-state index contributed by atoms with van der Waals surface area (Å²) in [5.74, 6) is -0.287. The van der Waals surface area contributed by atoms with Crippen LogP contribution >= 0.6 is 0 Å². The van der Waals surface area contributed by atoms with E-state index < -0.39 is 11.8 Å². The lowest BCUT2D eigenvalue weighted by atomic mass is 10.0. The summed E-state index contributed by atoms with van der Waals surface area (Å²) in [7, 11) is 0. The van der Waals surface area contributed by atoms with E-state index in [1.807, 2.05) is 13.8 Å². The van der Waals surface area contributed by atoms with Crippen molar-refractivity contribution in [3.63, 3.8) is 0 Å². The number of Topliss-reactive ketones (excluding diaryl/α,β-unsaturated/α-hetero) is 1. The number of hydrogen-bond acceptors (Lipinski definition) is 7. The lowest BCUT2D eigenvalue weighted by Gasteiger charge is -2.29. The van der Waals surface area contributed by atoms with Crippen LogP contribution in [-0.4, -0.2) is 89.5 Å². The van der Waals surface area contributed by atoms with E-state index in [9.17, 15) is 14.0 Å². The van der Waals surface area contributed by atoms with Gasteiger partial charge in [-0.15, -0.1) is 0 Å². The first-order valence-corrected chi connectivity index (χ1v) is 10.1. The Balaban J connectivity index is 0. The quantitative estimate of drug-likeness (QED) is 0.336. The SMILES string of the molecule is CC.CC(=O)COCCOCCOCCOCCOC(C)(C)C(F)CNC(C)=O. The summed E-state index contributed by atoms with van der Waals surface area (Å²) in [4.78, 5) is 21.4. The molecule has 0 aliphatic heterocycles. The zero-order valence-electron chi connectivity index (χ0n) is 18.9. The van der Waals surface area contributed by atoms with Crippen LogP contribution < -0.4 is 5.32 Å². The van der Waals surface area contributed by atoms with Crippen LogP contribution in [0.5, 0.6) is 0 Å². The first-order chi connectivity index (χ1) is 13.8. The fourth-order valence-electron chi connectivity index (χ4n) is 1.81. The molecule has 0 bridgehead atoms. The molecule has 1 atom stereocenters. The number of carbonyl (C=O) groups is 2. The summed E-state index contributed by atoms with van der Waals surface area (Å²) in [5.41, 5.74) is -1.01. The molecule has 0 aromatic heterocycles. The molecule has 29 heavy (non-hydrogen) atoms. The van der Waals surface area contributed by atoms with Gasteiger partial charge in [-0.2, -0.15) is 0 Å². The second-order valence-electron chi connectivity index (χ2n) is 6.45. The van der Waals surface area contributed by atoms with Gasteiger partial charge in [0.1, 0.15) is 12.8 Å². The van der Waals surface area contributed by atoms with E-state index in [1.54, 1.807) is 13.8 Å². The minimum atomic E-state index is -1.31. The van der Waals surface area contributed by atoms with Crippen molar-refractivity contribution in [1.29, 1.82) is 0 Å². The molecule has 1 unspecified atom stereocenters. The molecule has 0 saturated carbocycles. The van der Waals surface area contributed by atoms with Gasteiger partial charge >= 0.3 is 0 Å². The van der Waals surface area contributed by atoms with Crippen LogP contribution in [0, 0.1) is 0 Å². The van der Waals surface area contributed by atoms with Gasteiger partial charge < -0.3 is 29.0 Å². The largest absolute Gasteiger partial charge is 0.377 e. The molecule has 8 nitrogen and oxygen atoms in total. The third-order valence-electron chi connectivity index (χ3n) is 3.41. The van der Waals surface area contributed by atoms with Crippen LogP contribution in [0.3, 0.4) is 0 Å². The van der Waals surface area contributed by atoms with Crippen molar-refractivity contribution in [2.75, 3.05) is 66.0 Å². The first kappa shape index (κ1) is 30.1. The minimum Gasteiger partial charge on any atom is -0.377 e. The molecular formula is C20H40FNO7. The third kappa shape index (κ3) is 21.4. The van der Waals surface area contributed by atoms with Crippen molar-refractivity contribution >= 4 is 11.7 Å². The van der Waals surface area contributed by atoms with E-state index in [0.717, 1.165) is 0 Å². The van der Waals surface area contributed by atoms with Crippen LogP contribution in [0.15, 0.2) is 0 Å². The van der Waals surface area contributed by atoms with Crippen molar-refractivity contribution in [1.82, 2.24) is 5.32 Å². The summed E-state index contributed by atoms with van der Waals surface area (Å²) >= 11 is 0. The Kier molecular flexibility index (Phi) is 20.9. The maximum absolute atomic E-state index is 14.0. The number of hydrogen-bond donors (Lipinski definition) is 1. The van der Waals surface area contributed by atoms with Gasteiger partial charge in [0.05, 0.1) is 65.0 Å². The Hall–Kier alpha value is -1.13. The zero-order valence-corrected chi connectivity index (χ0v) is 18.9. The lowest BCUT2D eigenvalue weighted by Crippen LogP contribution is -2.44. The monoisotopic (exact) mass is 425 g/mol. The maximum Gasteiger partial charge on any atom is 0.216 e. The molecule has 9 heteroatoms. The number of rotatable bonds is 18. The average molecular weight is 426 g/mol. The second-order valence-corrected chi connectivity index (χ2v) is 6.45. The van der Waals surface area contributed by atoms with Crippen LogP contribution in [0.1, 0.15) is 41.5 Å². The molecule has 0 heterocycles. The van der Waals surface area contributed by atoms with E-state index in [2.05, 4.69) is 5.32 Å². The normalized spacial score (nSPS) is 12.1. The smallest absolute Gasteiger partial charge is 0.216 e. The van der Waals surface area contributed by atoms with Gasteiger partial charge in [-0.3, -0.25) is 9.59 Å². The fraction of sp³-hybridized carbons (Fsp3) is 0.900. The highest BCUT2D eigenvalue weighted by molar-refractivity contribution is 5.76. The van der Waals surface area contributed by atoms with Crippen molar-refractivity contribution in [3.05, 3.63) is 0 Å².